The monoisotopic (exact) mass is 320 g/mol. The minimum atomic E-state index is -1.14. The molecule has 2 atom stereocenters. The first-order valence-corrected chi connectivity index (χ1v) is 7.75. The predicted octanol–water partition coefficient (Wildman–Crippen LogP) is 1.35. The standard InChI is InChI=1S/C13H24N2O5S/c1-5-9(10(14)16)21-7-6-8(11(17)18)15-12(19)20-13(2,3)4/h8-9H,5-7H2,1-4H3,(H2,14,16)(H,15,19)(H,17,18). The van der Waals surface area contributed by atoms with Gasteiger partial charge in [0.15, 0.2) is 0 Å². The Kier molecular flexibility index (Phi) is 8.16. The van der Waals surface area contributed by atoms with Gasteiger partial charge in [-0.2, -0.15) is 0 Å². The number of amides is 2. The smallest absolute Gasteiger partial charge is 0.408 e. The second-order valence-corrected chi connectivity index (χ2v) is 6.81. The number of nitrogens with one attached hydrogen (secondary N) is 1. The summed E-state index contributed by atoms with van der Waals surface area (Å²) >= 11 is 1.29. The van der Waals surface area contributed by atoms with Gasteiger partial charge in [0.25, 0.3) is 0 Å². The Morgan fingerprint density at radius 2 is 1.90 bits per heavy atom. The summed E-state index contributed by atoms with van der Waals surface area (Å²) in [4.78, 5) is 33.7. The average Bonchev–Trinajstić information content (AvgIpc) is 2.29. The molecule has 0 bridgehead atoms. The first kappa shape index (κ1) is 19.6. The molecule has 0 aromatic heterocycles. The third kappa shape index (κ3) is 9.17. The van der Waals surface area contributed by atoms with E-state index in [9.17, 15) is 14.4 Å². The normalized spacial score (nSPS) is 14.1. The molecule has 0 saturated carbocycles. The van der Waals surface area contributed by atoms with Gasteiger partial charge in [0.1, 0.15) is 11.6 Å². The number of carbonyl (C=O) groups is 3. The van der Waals surface area contributed by atoms with Crippen LogP contribution in [0, 0.1) is 0 Å². The van der Waals surface area contributed by atoms with Crippen LogP contribution in [0.5, 0.6) is 0 Å². The molecule has 21 heavy (non-hydrogen) atoms. The second-order valence-electron chi connectivity index (χ2n) is 5.50. The molecule has 0 aromatic carbocycles. The molecule has 8 heteroatoms. The van der Waals surface area contributed by atoms with Crippen molar-refractivity contribution >= 4 is 29.7 Å². The Morgan fingerprint density at radius 3 is 2.29 bits per heavy atom. The number of thioether (sulfide) groups is 1. The fourth-order valence-electron chi connectivity index (χ4n) is 1.44. The van der Waals surface area contributed by atoms with Crippen LogP contribution >= 0.6 is 11.8 Å². The van der Waals surface area contributed by atoms with Crippen molar-refractivity contribution < 1.29 is 24.2 Å². The van der Waals surface area contributed by atoms with E-state index in [1.165, 1.54) is 11.8 Å². The van der Waals surface area contributed by atoms with Gasteiger partial charge >= 0.3 is 12.1 Å². The Bertz CT molecular complexity index is 381. The summed E-state index contributed by atoms with van der Waals surface area (Å²) in [6.45, 7) is 6.90. The first-order valence-electron chi connectivity index (χ1n) is 6.70. The number of carboxylic acids is 1. The predicted molar refractivity (Wildman–Crippen MR) is 81.1 cm³/mol. The van der Waals surface area contributed by atoms with E-state index < -0.39 is 29.6 Å². The number of primary amides is 1. The van der Waals surface area contributed by atoms with Crippen LogP contribution in [-0.2, 0) is 14.3 Å². The average molecular weight is 320 g/mol. The van der Waals surface area contributed by atoms with Gasteiger partial charge in [0, 0.05) is 0 Å². The number of hydrogen-bond donors (Lipinski definition) is 3. The molecule has 0 fully saturated rings. The van der Waals surface area contributed by atoms with Crippen molar-refractivity contribution in [2.75, 3.05) is 5.75 Å². The lowest BCUT2D eigenvalue weighted by molar-refractivity contribution is -0.139. The number of carbonyl (C=O) groups excluding carboxylic acids is 2. The van der Waals surface area contributed by atoms with Gasteiger partial charge < -0.3 is 20.9 Å². The molecule has 0 heterocycles. The maximum Gasteiger partial charge on any atom is 0.408 e. The number of nitrogens with two attached hydrogens (primary N) is 1. The molecule has 7 nitrogen and oxygen atoms in total. The van der Waals surface area contributed by atoms with Gasteiger partial charge in [-0.3, -0.25) is 4.79 Å². The van der Waals surface area contributed by atoms with Crippen molar-refractivity contribution in [3.8, 4) is 0 Å². The molecule has 0 aromatic rings. The van der Waals surface area contributed by atoms with Gasteiger partial charge in [0.2, 0.25) is 5.91 Å². The topological polar surface area (TPSA) is 119 Å². The molecular weight excluding hydrogens is 296 g/mol. The Hall–Kier alpha value is -1.44. The lowest BCUT2D eigenvalue weighted by atomic mass is 10.2. The van der Waals surface area contributed by atoms with Crippen LogP contribution in [0.4, 0.5) is 4.79 Å². The zero-order chi connectivity index (χ0) is 16.6. The van der Waals surface area contributed by atoms with E-state index in [1.807, 2.05) is 6.92 Å². The zero-order valence-corrected chi connectivity index (χ0v) is 13.7. The molecule has 0 aliphatic carbocycles. The third-order valence-corrected chi connectivity index (χ3v) is 3.84. The maximum atomic E-state index is 11.6. The van der Waals surface area contributed by atoms with Gasteiger partial charge in [-0.15, -0.1) is 11.8 Å². The molecule has 0 saturated heterocycles. The van der Waals surface area contributed by atoms with Gasteiger partial charge in [-0.1, -0.05) is 6.92 Å². The van der Waals surface area contributed by atoms with Crippen LogP contribution in [-0.4, -0.2) is 45.7 Å². The van der Waals surface area contributed by atoms with E-state index >= 15 is 0 Å². The van der Waals surface area contributed by atoms with Crippen LogP contribution in [0.2, 0.25) is 0 Å². The highest BCUT2D eigenvalue weighted by Gasteiger charge is 2.24. The number of hydrogen-bond acceptors (Lipinski definition) is 5. The largest absolute Gasteiger partial charge is 0.480 e. The SMILES string of the molecule is CCC(SCCC(NC(=O)OC(C)(C)C)C(=O)O)C(N)=O. The molecule has 2 amide bonds. The Morgan fingerprint density at radius 1 is 1.33 bits per heavy atom. The molecule has 2 unspecified atom stereocenters. The highest BCUT2D eigenvalue weighted by molar-refractivity contribution is 8.00. The van der Waals surface area contributed by atoms with Gasteiger partial charge in [-0.25, -0.2) is 9.59 Å². The summed E-state index contributed by atoms with van der Waals surface area (Å²) in [5.41, 5.74) is 4.51. The molecule has 4 N–H and O–H groups in total. The zero-order valence-electron chi connectivity index (χ0n) is 12.8. The van der Waals surface area contributed by atoms with Crippen LogP contribution in [0.15, 0.2) is 0 Å². The summed E-state index contributed by atoms with van der Waals surface area (Å²) in [6.07, 6.45) is -0.0119. The van der Waals surface area contributed by atoms with Crippen molar-refractivity contribution in [3.05, 3.63) is 0 Å². The number of ether oxygens (including phenoxy) is 1. The van der Waals surface area contributed by atoms with Crippen LogP contribution in [0.1, 0.15) is 40.5 Å². The maximum absolute atomic E-state index is 11.6. The quantitative estimate of drug-likeness (QED) is 0.621. The van der Waals surface area contributed by atoms with Gasteiger partial charge in [0.05, 0.1) is 5.25 Å². The number of rotatable bonds is 8. The van der Waals surface area contributed by atoms with E-state index in [2.05, 4.69) is 5.32 Å². The highest BCUT2D eigenvalue weighted by atomic mass is 32.2. The molecule has 0 spiro atoms. The van der Waals surface area contributed by atoms with E-state index in [-0.39, 0.29) is 11.7 Å². The van der Waals surface area contributed by atoms with Crippen LogP contribution in [0.25, 0.3) is 0 Å². The van der Waals surface area contributed by atoms with Crippen molar-refractivity contribution in [1.29, 1.82) is 0 Å². The molecule has 122 valence electrons. The molecule has 0 aliphatic heterocycles. The highest BCUT2D eigenvalue weighted by Crippen LogP contribution is 2.16. The number of alkyl carbamates (subject to hydrolysis) is 1. The minimum absolute atomic E-state index is 0.184. The van der Waals surface area contributed by atoms with Crippen LogP contribution in [0.3, 0.4) is 0 Å². The van der Waals surface area contributed by atoms with Gasteiger partial charge in [-0.05, 0) is 39.4 Å². The molecule has 0 radical (unpaired) electrons. The van der Waals surface area contributed by atoms with E-state index in [4.69, 9.17) is 15.6 Å². The first-order chi connectivity index (χ1) is 9.56. The summed E-state index contributed by atoms with van der Waals surface area (Å²) in [6, 6.07) is -1.06. The number of carboxylic acid groups (broad SMARTS) is 1. The minimum Gasteiger partial charge on any atom is -0.480 e. The van der Waals surface area contributed by atoms with E-state index in [1.54, 1.807) is 20.8 Å². The summed E-state index contributed by atoms with van der Waals surface area (Å²) in [5.74, 6) is -1.17. The summed E-state index contributed by atoms with van der Waals surface area (Å²) in [5, 5.41) is 11.0. The summed E-state index contributed by atoms with van der Waals surface area (Å²) < 4.78 is 5.01. The second kappa shape index (κ2) is 8.76. The van der Waals surface area contributed by atoms with Crippen molar-refractivity contribution in [1.82, 2.24) is 5.32 Å². The lowest BCUT2D eigenvalue weighted by Gasteiger charge is -2.22. The van der Waals surface area contributed by atoms with E-state index in [0.29, 0.717) is 12.2 Å². The Labute approximate surface area is 129 Å². The fourth-order valence-corrected chi connectivity index (χ4v) is 2.49. The van der Waals surface area contributed by atoms with Crippen molar-refractivity contribution in [2.45, 2.75) is 57.4 Å². The fraction of sp³-hybridized carbons (Fsp3) is 0.769. The Balaban J connectivity index is 4.35. The molecule has 0 aliphatic rings. The van der Waals surface area contributed by atoms with Crippen molar-refractivity contribution in [2.24, 2.45) is 5.73 Å². The molecular formula is C13H24N2O5S. The lowest BCUT2D eigenvalue weighted by Crippen LogP contribution is -2.43. The van der Waals surface area contributed by atoms with Crippen molar-refractivity contribution in [3.63, 3.8) is 0 Å². The summed E-state index contributed by atoms with van der Waals surface area (Å²) in [7, 11) is 0. The van der Waals surface area contributed by atoms with E-state index in [0.717, 1.165) is 0 Å². The third-order valence-electron chi connectivity index (χ3n) is 2.40. The van der Waals surface area contributed by atoms with Crippen LogP contribution < -0.4 is 11.1 Å². The number of aliphatic carboxylic acids is 1. The molecule has 0 rings (SSSR count).